The number of ether oxygens (including phenoxy) is 2. The van der Waals surface area contributed by atoms with Crippen LogP contribution >= 0.6 is 0 Å². The number of hydrogen-bond donors (Lipinski definition) is 3. The first-order valence-electron chi connectivity index (χ1n) is 10.2. The highest BCUT2D eigenvalue weighted by atomic mass is 16.6. The van der Waals surface area contributed by atoms with E-state index >= 15 is 0 Å². The molecule has 0 amide bonds. The van der Waals surface area contributed by atoms with Crippen LogP contribution in [-0.4, -0.2) is 11.6 Å². The average Bonchev–Trinajstić information content (AvgIpc) is 3.11. The van der Waals surface area contributed by atoms with Crippen molar-refractivity contribution in [3.05, 3.63) is 70.7 Å². The van der Waals surface area contributed by atoms with Crippen LogP contribution in [0, 0.1) is 5.92 Å². The number of carbonyl (C=O) groups is 1. The Bertz CT molecular complexity index is 1010. The first-order chi connectivity index (χ1) is 14.1. The zero-order valence-electron chi connectivity index (χ0n) is 17.9. The highest BCUT2D eigenvalue weighted by Gasteiger charge is 2.48. The number of allylic oxidation sites excluding steroid dienone is 1. The number of benzene rings is 2. The zero-order valence-corrected chi connectivity index (χ0v) is 17.9. The molecule has 5 N–H and O–H groups in total. The fourth-order valence-corrected chi connectivity index (χ4v) is 4.19. The number of fused-ring (bicyclic) bond motifs is 2. The predicted molar refractivity (Wildman–Crippen MR) is 117 cm³/mol. The lowest BCUT2D eigenvalue weighted by molar-refractivity contribution is -0.164. The molecule has 6 nitrogen and oxygen atoms in total. The summed E-state index contributed by atoms with van der Waals surface area (Å²) in [6.07, 6.45) is 1.43. The van der Waals surface area contributed by atoms with Gasteiger partial charge in [0.15, 0.2) is 5.75 Å². The third kappa shape index (κ3) is 3.52. The van der Waals surface area contributed by atoms with Gasteiger partial charge in [-0.1, -0.05) is 30.3 Å². The van der Waals surface area contributed by atoms with Gasteiger partial charge in [-0.15, -0.1) is 0 Å². The van der Waals surface area contributed by atoms with Crippen molar-refractivity contribution < 1.29 is 14.3 Å². The molecule has 0 fully saturated rings. The second-order valence-electron chi connectivity index (χ2n) is 9.15. The molecule has 0 radical (unpaired) electrons. The summed E-state index contributed by atoms with van der Waals surface area (Å²) in [5, 5.41) is 3.14. The molecule has 2 aliphatic rings. The lowest BCUT2D eigenvalue weighted by atomic mass is 9.76. The first-order valence-corrected chi connectivity index (χ1v) is 10.2. The molecule has 4 rings (SSSR count). The van der Waals surface area contributed by atoms with E-state index in [0.717, 1.165) is 0 Å². The predicted octanol–water partition coefficient (Wildman–Crippen LogP) is 3.55. The van der Waals surface area contributed by atoms with Gasteiger partial charge in [0.2, 0.25) is 0 Å². The monoisotopic (exact) mass is 407 g/mol. The van der Waals surface area contributed by atoms with E-state index in [0.29, 0.717) is 41.4 Å². The second kappa shape index (κ2) is 7.06. The Labute approximate surface area is 177 Å². The van der Waals surface area contributed by atoms with Crippen molar-refractivity contribution in [2.24, 2.45) is 17.4 Å². The molecule has 1 unspecified atom stereocenters. The Hall–Kier alpha value is -2.99. The van der Waals surface area contributed by atoms with Gasteiger partial charge in [0.25, 0.3) is 0 Å². The Morgan fingerprint density at radius 1 is 1.13 bits per heavy atom. The molecule has 2 aromatic rings. The quantitative estimate of drug-likeness (QED) is 0.673. The average molecular weight is 408 g/mol. The van der Waals surface area contributed by atoms with Crippen molar-refractivity contribution in [3.8, 4) is 5.75 Å². The van der Waals surface area contributed by atoms with Crippen molar-refractivity contribution >= 4 is 11.7 Å². The molecule has 30 heavy (non-hydrogen) atoms. The fraction of sp³-hybridized carbons (Fsp3) is 0.375. The largest absolute Gasteiger partial charge is 0.458 e. The Morgan fingerprint density at radius 3 is 2.37 bits per heavy atom. The van der Waals surface area contributed by atoms with Gasteiger partial charge in [0.1, 0.15) is 22.7 Å². The van der Waals surface area contributed by atoms with Gasteiger partial charge >= 0.3 is 5.97 Å². The SMILES string of the molecule is CC1=C(N)Nc2cc(C(N)(C(=O)OC(C)(C)C)C3Cc4ccccc4C3)ccc2O1. The minimum absolute atomic E-state index is 0.123. The number of nitrogens with one attached hydrogen (secondary N) is 1. The lowest BCUT2D eigenvalue weighted by Gasteiger charge is -2.36. The van der Waals surface area contributed by atoms with Gasteiger partial charge in [-0.3, -0.25) is 0 Å². The third-order valence-corrected chi connectivity index (χ3v) is 5.80. The second-order valence-corrected chi connectivity index (χ2v) is 9.15. The van der Waals surface area contributed by atoms with Crippen LogP contribution in [0.4, 0.5) is 5.69 Å². The van der Waals surface area contributed by atoms with Crippen LogP contribution in [-0.2, 0) is 27.9 Å². The van der Waals surface area contributed by atoms with E-state index in [1.54, 1.807) is 6.92 Å². The maximum absolute atomic E-state index is 13.5. The number of anilines is 1. The first kappa shape index (κ1) is 20.3. The van der Waals surface area contributed by atoms with E-state index in [2.05, 4.69) is 17.4 Å². The number of rotatable bonds is 3. The molecule has 1 aliphatic carbocycles. The van der Waals surface area contributed by atoms with Crippen LogP contribution in [0.2, 0.25) is 0 Å². The van der Waals surface area contributed by atoms with Crippen molar-refractivity contribution in [2.75, 3.05) is 5.32 Å². The van der Waals surface area contributed by atoms with Crippen LogP contribution in [0.5, 0.6) is 5.75 Å². The summed E-state index contributed by atoms with van der Waals surface area (Å²) in [7, 11) is 0. The summed E-state index contributed by atoms with van der Waals surface area (Å²) >= 11 is 0. The van der Waals surface area contributed by atoms with Gasteiger partial charge in [-0.05, 0) is 75.3 Å². The van der Waals surface area contributed by atoms with Crippen LogP contribution in [0.25, 0.3) is 0 Å². The van der Waals surface area contributed by atoms with E-state index in [9.17, 15) is 4.79 Å². The number of hydrogen-bond acceptors (Lipinski definition) is 6. The lowest BCUT2D eigenvalue weighted by Crippen LogP contribution is -2.54. The van der Waals surface area contributed by atoms with Crippen molar-refractivity contribution in [1.82, 2.24) is 0 Å². The highest BCUT2D eigenvalue weighted by molar-refractivity contribution is 5.84. The van der Waals surface area contributed by atoms with E-state index < -0.39 is 17.1 Å². The summed E-state index contributed by atoms with van der Waals surface area (Å²) in [5.41, 5.74) is 14.8. The van der Waals surface area contributed by atoms with Crippen LogP contribution in [0.1, 0.15) is 44.4 Å². The van der Waals surface area contributed by atoms with E-state index in [1.807, 2.05) is 51.1 Å². The van der Waals surface area contributed by atoms with Crippen molar-refractivity contribution in [1.29, 1.82) is 0 Å². The molecule has 1 atom stereocenters. The zero-order chi connectivity index (χ0) is 21.7. The molecule has 0 saturated carbocycles. The molecule has 0 spiro atoms. The standard InChI is InChI=1S/C24H29N3O3/c1-14-21(25)27-19-13-17(9-10-20(19)29-14)24(26,22(28)30-23(2,3)4)18-11-15-7-5-6-8-16(15)12-18/h5-10,13,18,27H,11-12,25-26H2,1-4H3. The van der Waals surface area contributed by atoms with Gasteiger partial charge < -0.3 is 26.3 Å². The van der Waals surface area contributed by atoms with Gasteiger partial charge in [0, 0.05) is 0 Å². The molecule has 0 saturated heterocycles. The summed E-state index contributed by atoms with van der Waals surface area (Å²) in [6.45, 7) is 7.35. The smallest absolute Gasteiger partial charge is 0.331 e. The number of carbonyl (C=O) groups excluding carboxylic acids is 1. The molecular weight excluding hydrogens is 378 g/mol. The highest BCUT2D eigenvalue weighted by Crippen LogP contribution is 2.42. The molecule has 2 aromatic carbocycles. The molecule has 1 aliphatic heterocycles. The van der Waals surface area contributed by atoms with Crippen LogP contribution in [0.15, 0.2) is 54.0 Å². The van der Waals surface area contributed by atoms with Gasteiger partial charge in [-0.2, -0.15) is 0 Å². The summed E-state index contributed by atoms with van der Waals surface area (Å²) in [6, 6.07) is 13.8. The topological polar surface area (TPSA) is 99.6 Å². The Kier molecular flexibility index (Phi) is 4.77. The van der Waals surface area contributed by atoms with Crippen molar-refractivity contribution in [2.45, 2.75) is 51.7 Å². The normalized spacial score (nSPS) is 18.0. The summed E-state index contributed by atoms with van der Waals surface area (Å²) < 4.78 is 11.6. The minimum Gasteiger partial charge on any atom is -0.458 e. The number of esters is 1. The Balaban J connectivity index is 1.76. The molecule has 158 valence electrons. The Morgan fingerprint density at radius 2 is 1.77 bits per heavy atom. The molecule has 0 bridgehead atoms. The van der Waals surface area contributed by atoms with E-state index in [-0.39, 0.29) is 5.92 Å². The summed E-state index contributed by atoms with van der Waals surface area (Å²) in [5.74, 6) is 1.14. The van der Waals surface area contributed by atoms with E-state index in [1.165, 1.54) is 11.1 Å². The van der Waals surface area contributed by atoms with Crippen molar-refractivity contribution in [3.63, 3.8) is 0 Å². The summed E-state index contributed by atoms with van der Waals surface area (Å²) in [4.78, 5) is 13.5. The van der Waals surface area contributed by atoms with E-state index in [4.69, 9.17) is 20.9 Å². The number of nitrogens with two attached hydrogens (primary N) is 2. The van der Waals surface area contributed by atoms with Crippen LogP contribution in [0.3, 0.4) is 0 Å². The molecule has 1 heterocycles. The van der Waals surface area contributed by atoms with Gasteiger partial charge in [-0.25, -0.2) is 4.79 Å². The fourth-order valence-electron chi connectivity index (χ4n) is 4.19. The third-order valence-electron chi connectivity index (χ3n) is 5.80. The maximum Gasteiger partial charge on any atom is 0.331 e. The molecule has 0 aromatic heterocycles. The minimum atomic E-state index is -1.31. The van der Waals surface area contributed by atoms with Gasteiger partial charge in [0.05, 0.1) is 5.69 Å². The molecular formula is C24H29N3O3. The van der Waals surface area contributed by atoms with Crippen LogP contribution < -0.4 is 21.5 Å². The maximum atomic E-state index is 13.5. The molecule has 6 heteroatoms.